The van der Waals surface area contributed by atoms with Gasteiger partial charge in [-0.25, -0.2) is 14.6 Å². The molecule has 4 atom stereocenters. The van der Waals surface area contributed by atoms with Crippen LogP contribution < -0.4 is 16.0 Å². The molecule has 0 radical (unpaired) electrons. The number of hydrogen-bond donors (Lipinski definition) is 4. The van der Waals surface area contributed by atoms with Gasteiger partial charge in [-0.3, -0.25) is 9.78 Å². The summed E-state index contributed by atoms with van der Waals surface area (Å²) in [5.41, 5.74) is 4.42. The maximum atomic E-state index is 13.9. The number of hydrogen-bond acceptors (Lipinski definition) is 9. The Kier molecular flexibility index (Phi) is 14.6. The topological polar surface area (TPSA) is 146 Å². The molecule has 1 aliphatic rings. The number of benzene rings is 2. The third-order valence-corrected chi connectivity index (χ3v) is 11.1. The molecule has 2 aromatic heterocycles. The molecule has 0 aliphatic heterocycles. The van der Waals surface area contributed by atoms with Crippen molar-refractivity contribution >= 4 is 40.7 Å². The highest BCUT2D eigenvalue weighted by Gasteiger charge is 2.31. The van der Waals surface area contributed by atoms with E-state index in [0.717, 1.165) is 26.7 Å². The van der Waals surface area contributed by atoms with E-state index in [1.54, 1.807) is 35.0 Å². The summed E-state index contributed by atoms with van der Waals surface area (Å²) in [6.45, 7) is 4.18. The van der Waals surface area contributed by atoms with Gasteiger partial charge in [0.05, 0.1) is 39.8 Å². The lowest BCUT2D eigenvalue weighted by Crippen LogP contribution is -2.55. The van der Waals surface area contributed by atoms with Crippen molar-refractivity contribution in [2.45, 2.75) is 102 Å². The second kappa shape index (κ2) is 19.5. The SMILES string of the molecule is CC(C)[C@H](NC(=O)N(C)Cc1csc(C2CCCC2)n1)C(=O)N[C@@H](Cc1ccccc1)C[C@H](O)[C@H](Cc1ccccc1)NC(=O)OCc1cncs1. The van der Waals surface area contributed by atoms with Gasteiger partial charge in [-0.1, -0.05) is 87.4 Å². The van der Waals surface area contributed by atoms with E-state index in [2.05, 4.69) is 20.9 Å². The summed E-state index contributed by atoms with van der Waals surface area (Å²) in [4.78, 5) is 51.4. The monoisotopic (exact) mass is 746 g/mol. The van der Waals surface area contributed by atoms with Gasteiger partial charge in [-0.2, -0.15) is 0 Å². The second-order valence-electron chi connectivity index (χ2n) is 13.9. The number of nitrogens with one attached hydrogen (secondary N) is 3. The molecule has 4 aromatic rings. The van der Waals surface area contributed by atoms with Gasteiger partial charge in [-0.05, 0) is 49.1 Å². The molecule has 0 spiro atoms. The molecule has 0 unspecified atom stereocenters. The number of nitrogens with zero attached hydrogens (tertiary/aromatic N) is 3. The molecular weight excluding hydrogens is 697 g/mol. The molecule has 2 aromatic carbocycles. The van der Waals surface area contributed by atoms with Crippen molar-refractivity contribution in [1.82, 2.24) is 30.8 Å². The zero-order valence-electron chi connectivity index (χ0n) is 30.1. The third-order valence-electron chi connectivity index (χ3n) is 9.34. The molecule has 0 saturated heterocycles. The Morgan fingerprint density at radius 3 is 2.25 bits per heavy atom. The van der Waals surface area contributed by atoms with Gasteiger partial charge in [0.15, 0.2) is 0 Å². The first-order chi connectivity index (χ1) is 25.1. The Morgan fingerprint density at radius 1 is 0.942 bits per heavy atom. The normalized spacial score (nSPS) is 15.4. The van der Waals surface area contributed by atoms with Crippen LogP contribution >= 0.6 is 22.7 Å². The number of carbonyl (C=O) groups excluding carboxylic acids is 3. The molecule has 278 valence electrons. The van der Waals surface area contributed by atoms with Crippen molar-refractivity contribution in [3.05, 3.63) is 104 Å². The number of thiazole rings is 2. The number of aliphatic hydroxyl groups excluding tert-OH is 1. The molecule has 4 amide bonds. The molecule has 5 rings (SSSR count). The zero-order chi connectivity index (χ0) is 36.9. The predicted molar refractivity (Wildman–Crippen MR) is 204 cm³/mol. The van der Waals surface area contributed by atoms with Crippen LogP contribution in [0.1, 0.15) is 78.6 Å². The molecule has 11 nitrogen and oxygen atoms in total. The number of urea groups is 1. The van der Waals surface area contributed by atoms with Crippen LogP contribution in [-0.4, -0.2) is 69.3 Å². The largest absolute Gasteiger partial charge is 0.444 e. The summed E-state index contributed by atoms with van der Waals surface area (Å²) < 4.78 is 5.44. The first-order valence-electron chi connectivity index (χ1n) is 18.0. The first kappa shape index (κ1) is 38.9. The van der Waals surface area contributed by atoms with E-state index in [4.69, 9.17) is 9.72 Å². The van der Waals surface area contributed by atoms with E-state index >= 15 is 0 Å². The van der Waals surface area contributed by atoms with Gasteiger partial charge >= 0.3 is 12.1 Å². The predicted octanol–water partition coefficient (Wildman–Crippen LogP) is 6.44. The minimum absolute atomic E-state index is 0.0696. The van der Waals surface area contributed by atoms with Gasteiger partial charge in [0.25, 0.3) is 0 Å². The van der Waals surface area contributed by atoms with Crippen molar-refractivity contribution in [1.29, 1.82) is 0 Å². The molecule has 4 N–H and O–H groups in total. The highest BCUT2D eigenvalue weighted by atomic mass is 32.1. The van der Waals surface area contributed by atoms with E-state index < -0.39 is 30.3 Å². The van der Waals surface area contributed by atoms with Crippen LogP contribution in [-0.2, 0) is 35.5 Å². The van der Waals surface area contributed by atoms with Crippen LogP contribution in [0.4, 0.5) is 9.59 Å². The maximum Gasteiger partial charge on any atom is 0.407 e. The van der Waals surface area contributed by atoms with Gasteiger partial charge < -0.3 is 30.7 Å². The number of amides is 4. The molecule has 1 fully saturated rings. The third kappa shape index (κ3) is 11.9. The molecule has 1 saturated carbocycles. The van der Waals surface area contributed by atoms with Crippen molar-refractivity contribution in [3.8, 4) is 0 Å². The fraction of sp³-hybridized carbons (Fsp3) is 0.462. The van der Waals surface area contributed by atoms with Crippen LogP contribution in [0.3, 0.4) is 0 Å². The lowest BCUT2D eigenvalue weighted by atomic mass is 9.93. The number of aromatic nitrogens is 2. The summed E-state index contributed by atoms with van der Waals surface area (Å²) in [7, 11) is 1.70. The van der Waals surface area contributed by atoms with Crippen molar-refractivity contribution in [2.75, 3.05) is 7.05 Å². The summed E-state index contributed by atoms with van der Waals surface area (Å²) in [6, 6.07) is 16.9. The number of alkyl carbamates (subject to hydrolysis) is 1. The highest BCUT2D eigenvalue weighted by molar-refractivity contribution is 7.09. The van der Waals surface area contributed by atoms with Gasteiger partial charge in [0.1, 0.15) is 12.6 Å². The smallest absolute Gasteiger partial charge is 0.407 e. The zero-order valence-corrected chi connectivity index (χ0v) is 31.7. The molecular formula is C39H50N6O5S2. The van der Waals surface area contributed by atoms with Crippen LogP contribution in [0.15, 0.2) is 77.8 Å². The van der Waals surface area contributed by atoms with Gasteiger partial charge in [0.2, 0.25) is 5.91 Å². The Morgan fingerprint density at radius 2 is 1.62 bits per heavy atom. The highest BCUT2D eigenvalue weighted by Crippen LogP contribution is 2.35. The van der Waals surface area contributed by atoms with E-state index in [1.807, 2.05) is 79.9 Å². The lowest BCUT2D eigenvalue weighted by molar-refractivity contribution is -0.124. The van der Waals surface area contributed by atoms with E-state index in [-0.39, 0.29) is 30.9 Å². The molecule has 2 heterocycles. The van der Waals surface area contributed by atoms with Crippen LogP contribution in [0.25, 0.3) is 0 Å². The molecule has 13 heteroatoms. The second-order valence-corrected chi connectivity index (χ2v) is 15.7. The summed E-state index contributed by atoms with van der Waals surface area (Å²) in [5.74, 6) is -0.0473. The first-order valence-corrected chi connectivity index (χ1v) is 19.7. The average Bonchev–Trinajstić information content (AvgIpc) is 3.94. The summed E-state index contributed by atoms with van der Waals surface area (Å²) >= 11 is 3.04. The number of rotatable bonds is 17. The summed E-state index contributed by atoms with van der Waals surface area (Å²) in [5, 5.41) is 23.8. The Balaban J connectivity index is 1.25. The average molecular weight is 747 g/mol. The van der Waals surface area contributed by atoms with E-state index in [9.17, 15) is 19.5 Å². The molecule has 52 heavy (non-hydrogen) atoms. The number of ether oxygens (including phenoxy) is 1. The number of carbonyl (C=O) groups is 3. The summed E-state index contributed by atoms with van der Waals surface area (Å²) in [6.07, 6.45) is 5.67. The Labute approximate surface area is 314 Å². The van der Waals surface area contributed by atoms with Crippen molar-refractivity contribution in [2.24, 2.45) is 5.92 Å². The van der Waals surface area contributed by atoms with E-state index in [1.165, 1.54) is 37.0 Å². The van der Waals surface area contributed by atoms with Crippen molar-refractivity contribution < 1.29 is 24.2 Å². The van der Waals surface area contributed by atoms with Crippen LogP contribution in [0.2, 0.25) is 0 Å². The standard InChI is InChI=1S/C39H50N6O5S2/c1-26(2)35(44-38(48)45(3)22-31-24-51-37(42-31)29-16-10-11-17-29)36(47)41-30(18-27-12-6-4-7-13-27)20-34(46)33(19-28-14-8-5-9-15-28)43-39(49)50-23-32-21-40-25-52-32/h4-9,12-15,21,24-26,29-30,33-35,46H,10-11,16-20,22-23H2,1-3H3,(H,41,47)(H,43,49)(H,44,48)/t30-,33-,34-,35-/m0/s1. The fourth-order valence-electron chi connectivity index (χ4n) is 6.48. The van der Waals surface area contributed by atoms with Gasteiger partial charge in [0, 0.05) is 30.6 Å². The molecule has 1 aliphatic carbocycles. The fourth-order valence-corrected chi connectivity index (χ4v) is 7.97. The Bertz CT molecular complexity index is 1680. The van der Waals surface area contributed by atoms with Crippen molar-refractivity contribution in [3.63, 3.8) is 0 Å². The Hall–Kier alpha value is -4.33. The molecule has 0 bridgehead atoms. The quantitative estimate of drug-likeness (QED) is 0.0974. The van der Waals surface area contributed by atoms with E-state index in [0.29, 0.717) is 25.3 Å². The maximum absolute atomic E-state index is 13.9. The van der Waals surface area contributed by atoms with Gasteiger partial charge in [-0.15, -0.1) is 22.7 Å². The van der Waals surface area contributed by atoms with Crippen LogP contribution in [0, 0.1) is 5.92 Å². The minimum Gasteiger partial charge on any atom is -0.444 e. The minimum atomic E-state index is -1.05. The lowest BCUT2D eigenvalue weighted by Gasteiger charge is -2.30. The van der Waals surface area contributed by atoms with Crippen LogP contribution in [0.5, 0.6) is 0 Å². The number of aliphatic hydroxyl groups is 1.